The number of hydrogen-bond acceptors (Lipinski definition) is 2. The summed E-state index contributed by atoms with van der Waals surface area (Å²) in [7, 11) is 0. The fourth-order valence-electron chi connectivity index (χ4n) is 1.77. The van der Waals surface area contributed by atoms with E-state index in [9.17, 15) is 0 Å². The van der Waals surface area contributed by atoms with Crippen LogP contribution in [0, 0.1) is 0 Å². The highest BCUT2D eigenvalue weighted by Crippen LogP contribution is 2.51. The number of anilines is 1. The zero-order valence-corrected chi connectivity index (χ0v) is 7.38. The highest BCUT2D eigenvalue weighted by atomic mass is 14.8. The standard InChI is InChI=1S/C10H14N2/c1-2-10(5-6-10)9-8(11)4-3-7-12-9/h3-4,7H,2,5-6,11H2,1H3. The molecule has 1 aromatic heterocycles. The lowest BCUT2D eigenvalue weighted by Gasteiger charge is -2.13. The van der Waals surface area contributed by atoms with Crippen molar-refractivity contribution in [2.45, 2.75) is 31.6 Å². The first-order valence-corrected chi connectivity index (χ1v) is 4.49. The van der Waals surface area contributed by atoms with Gasteiger partial charge >= 0.3 is 0 Å². The van der Waals surface area contributed by atoms with Crippen LogP contribution >= 0.6 is 0 Å². The lowest BCUT2D eigenvalue weighted by atomic mass is 9.97. The normalized spacial score (nSPS) is 19.1. The summed E-state index contributed by atoms with van der Waals surface area (Å²) in [6, 6.07) is 3.84. The van der Waals surface area contributed by atoms with Crippen LogP contribution in [-0.2, 0) is 5.41 Å². The maximum atomic E-state index is 5.86. The quantitative estimate of drug-likeness (QED) is 0.723. The van der Waals surface area contributed by atoms with Crippen LogP contribution < -0.4 is 5.73 Å². The highest BCUT2D eigenvalue weighted by Gasteiger charge is 2.44. The van der Waals surface area contributed by atoms with Gasteiger partial charge in [-0.2, -0.15) is 0 Å². The van der Waals surface area contributed by atoms with Crippen molar-refractivity contribution in [2.75, 3.05) is 5.73 Å². The van der Waals surface area contributed by atoms with Crippen LogP contribution in [0.4, 0.5) is 5.69 Å². The molecule has 0 amide bonds. The first kappa shape index (κ1) is 7.59. The molecule has 1 saturated carbocycles. The fraction of sp³-hybridized carbons (Fsp3) is 0.500. The van der Waals surface area contributed by atoms with Gasteiger partial charge in [-0.05, 0) is 31.4 Å². The highest BCUT2D eigenvalue weighted by molar-refractivity contribution is 5.48. The number of nitrogens with zero attached hydrogens (tertiary/aromatic N) is 1. The monoisotopic (exact) mass is 162 g/mol. The van der Waals surface area contributed by atoms with E-state index < -0.39 is 0 Å². The van der Waals surface area contributed by atoms with E-state index in [0.29, 0.717) is 5.41 Å². The molecule has 12 heavy (non-hydrogen) atoms. The minimum absolute atomic E-state index is 0.339. The van der Waals surface area contributed by atoms with Crippen molar-refractivity contribution < 1.29 is 0 Å². The summed E-state index contributed by atoms with van der Waals surface area (Å²) in [5.41, 5.74) is 8.17. The molecule has 2 rings (SSSR count). The van der Waals surface area contributed by atoms with Crippen molar-refractivity contribution in [1.29, 1.82) is 0 Å². The molecule has 0 spiro atoms. The number of aromatic nitrogens is 1. The second-order valence-corrected chi connectivity index (χ2v) is 3.58. The van der Waals surface area contributed by atoms with Crippen LogP contribution in [0.5, 0.6) is 0 Å². The molecule has 2 nitrogen and oxygen atoms in total. The molecular formula is C10H14N2. The first-order valence-electron chi connectivity index (χ1n) is 4.49. The Morgan fingerprint density at radius 1 is 1.58 bits per heavy atom. The van der Waals surface area contributed by atoms with Gasteiger partial charge in [0.25, 0.3) is 0 Å². The van der Waals surface area contributed by atoms with E-state index in [2.05, 4.69) is 11.9 Å². The molecular weight excluding hydrogens is 148 g/mol. The van der Waals surface area contributed by atoms with Gasteiger partial charge < -0.3 is 5.73 Å². The molecule has 0 saturated heterocycles. The number of pyridine rings is 1. The molecule has 0 aliphatic heterocycles. The van der Waals surface area contributed by atoms with E-state index >= 15 is 0 Å². The Bertz CT molecular complexity index is 290. The smallest absolute Gasteiger partial charge is 0.0694 e. The van der Waals surface area contributed by atoms with Crippen molar-refractivity contribution in [2.24, 2.45) is 0 Å². The number of nitrogens with two attached hydrogens (primary N) is 1. The van der Waals surface area contributed by atoms with E-state index in [1.54, 1.807) is 0 Å². The third-order valence-corrected chi connectivity index (χ3v) is 2.87. The molecule has 64 valence electrons. The van der Waals surface area contributed by atoms with Gasteiger partial charge in [0.15, 0.2) is 0 Å². The van der Waals surface area contributed by atoms with E-state index in [4.69, 9.17) is 5.73 Å². The molecule has 0 aromatic carbocycles. The molecule has 0 bridgehead atoms. The van der Waals surface area contributed by atoms with Crippen LogP contribution in [-0.4, -0.2) is 4.98 Å². The van der Waals surface area contributed by atoms with E-state index in [0.717, 1.165) is 17.8 Å². The van der Waals surface area contributed by atoms with Crippen LogP contribution in [0.2, 0.25) is 0 Å². The summed E-state index contributed by atoms with van der Waals surface area (Å²) >= 11 is 0. The molecule has 1 aliphatic carbocycles. The predicted molar refractivity (Wildman–Crippen MR) is 49.9 cm³/mol. The van der Waals surface area contributed by atoms with Crippen LogP contribution in [0.15, 0.2) is 18.3 Å². The molecule has 2 heteroatoms. The summed E-state index contributed by atoms with van der Waals surface area (Å²) < 4.78 is 0. The Morgan fingerprint density at radius 2 is 2.33 bits per heavy atom. The molecule has 0 radical (unpaired) electrons. The summed E-state index contributed by atoms with van der Waals surface area (Å²) in [4.78, 5) is 4.36. The van der Waals surface area contributed by atoms with Gasteiger partial charge in [-0.1, -0.05) is 6.92 Å². The number of rotatable bonds is 2. The molecule has 0 unspecified atom stereocenters. The van der Waals surface area contributed by atoms with Crippen LogP contribution in [0.3, 0.4) is 0 Å². The van der Waals surface area contributed by atoms with Gasteiger partial charge in [0, 0.05) is 11.6 Å². The summed E-state index contributed by atoms with van der Waals surface area (Å²) in [5, 5.41) is 0. The Hall–Kier alpha value is -1.05. The molecule has 1 aromatic rings. The average Bonchev–Trinajstić information content (AvgIpc) is 2.86. The Balaban J connectivity index is 2.40. The van der Waals surface area contributed by atoms with Gasteiger partial charge in [-0.3, -0.25) is 4.98 Å². The molecule has 1 aliphatic rings. The van der Waals surface area contributed by atoms with Crippen LogP contribution in [0.1, 0.15) is 31.9 Å². The maximum Gasteiger partial charge on any atom is 0.0694 e. The van der Waals surface area contributed by atoms with Crippen molar-refractivity contribution in [3.63, 3.8) is 0 Å². The maximum absolute atomic E-state index is 5.86. The first-order chi connectivity index (χ1) is 5.78. The largest absolute Gasteiger partial charge is 0.397 e. The molecule has 1 fully saturated rings. The van der Waals surface area contributed by atoms with Gasteiger partial charge in [-0.25, -0.2) is 0 Å². The third kappa shape index (κ3) is 0.986. The molecule has 2 N–H and O–H groups in total. The van der Waals surface area contributed by atoms with E-state index in [-0.39, 0.29) is 0 Å². The van der Waals surface area contributed by atoms with Crippen molar-refractivity contribution in [3.8, 4) is 0 Å². The fourth-order valence-corrected chi connectivity index (χ4v) is 1.77. The number of nitrogen functional groups attached to an aromatic ring is 1. The second-order valence-electron chi connectivity index (χ2n) is 3.58. The Labute approximate surface area is 72.8 Å². The average molecular weight is 162 g/mol. The van der Waals surface area contributed by atoms with E-state index in [1.165, 1.54) is 12.8 Å². The van der Waals surface area contributed by atoms with E-state index in [1.807, 2.05) is 18.3 Å². The van der Waals surface area contributed by atoms with Crippen molar-refractivity contribution in [1.82, 2.24) is 4.98 Å². The third-order valence-electron chi connectivity index (χ3n) is 2.87. The topological polar surface area (TPSA) is 38.9 Å². The summed E-state index contributed by atoms with van der Waals surface area (Å²) in [6.45, 7) is 2.21. The lowest BCUT2D eigenvalue weighted by molar-refractivity contribution is 0.644. The van der Waals surface area contributed by atoms with Crippen LogP contribution in [0.25, 0.3) is 0 Å². The van der Waals surface area contributed by atoms with Gasteiger partial charge in [-0.15, -0.1) is 0 Å². The van der Waals surface area contributed by atoms with Crippen molar-refractivity contribution in [3.05, 3.63) is 24.0 Å². The summed E-state index contributed by atoms with van der Waals surface area (Å²) in [5.74, 6) is 0. The summed E-state index contributed by atoms with van der Waals surface area (Å²) in [6.07, 6.45) is 5.51. The minimum atomic E-state index is 0.339. The van der Waals surface area contributed by atoms with Gasteiger partial charge in [0.05, 0.1) is 11.4 Å². The van der Waals surface area contributed by atoms with Crippen molar-refractivity contribution >= 4 is 5.69 Å². The SMILES string of the molecule is CCC1(c2ncccc2N)CC1. The Kier molecular flexibility index (Phi) is 1.56. The zero-order chi connectivity index (χ0) is 8.60. The lowest BCUT2D eigenvalue weighted by Crippen LogP contribution is -2.10. The van der Waals surface area contributed by atoms with Gasteiger partial charge in [0.1, 0.15) is 0 Å². The predicted octanol–water partition coefficient (Wildman–Crippen LogP) is 2.11. The number of hydrogen-bond donors (Lipinski definition) is 1. The molecule has 0 atom stereocenters. The zero-order valence-electron chi connectivity index (χ0n) is 7.38. The molecule has 1 heterocycles. The second kappa shape index (κ2) is 2.47. The minimum Gasteiger partial charge on any atom is -0.397 e. The Morgan fingerprint density at radius 3 is 2.83 bits per heavy atom. The van der Waals surface area contributed by atoms with Gasteiger partial charge in [0.2, 0.25) is 0 Å².